The molecule has 0 radical (unpaired) electrons. The van der Waals surface area contributed by atoms with Crippen molar-refractivity contribution in [3.63, 3.8) is 0 Å². The van der Waals surface area contributed by atoms with Gasteiger partial charge in [0.15, 0.2) is 0 Å². The fourth-order valence-corrected chi connectivity index (χ4v) is 4.51. The monoisotopic (exact) mass is 435 g/mol. The summed E-state index contributed by atoms with van der Waals surface area (Å²) in [5.74, 6) is 0.535. The Bertz CT molecular complexity index is 892. The molecule has 4 rings (SSSR count). The Hall–Kier alpha value is -2.86. The van der Waals surface area contributed by atoms with Crippen LogP contribution in [0.4, 0.5) is 11.4 Å². The Kier molecular flexibility index (Phi) is 7.43. The number of ether oxygens (including phenoxy) is 1. The molecule has 2 aromatic carbocycles. The van der Waals surface area contributed by atoms with E-state index in [1.54, 1.807) is 0 Å². The molecule has 2 aromatic rings. The molecule has 2 aliphatic heterocycles. The topological polar surface area (TPSA) is 53.1 Å². The van der Waals surface area contributed by atoms with E-state index in [0.29, 0.717) is 12.3 Å². The van der Waals surface area contributed by atoms with Gasteiger partial charge in [-0.25, -0.2) is 4.90 Å². The first-order valence-electron chi connectivity index (χ1n) is 11.8. The maximum Gasteiger partial charge on any atom is 0.251 e. The second-order valence-electron chi connectivity index (χ2n) is 8.55. The number of anilines is 2. The Labute approximate surface area is 190 Å². The lowest BCUT2D eigenvalue weighted by molar-refractivity contribution is -0.123. The van der Waals surface area contributed by atoms with Crippen molar-refractivity contribution >= 4 is 23.2 Å². The average Bonchev–Trinajstić information content (AvgIpc) is 3.14. The summed E-state index contributed by atoms with van der Waals surface area (Å²) in [6.45, 7) is 6.14. The molecule has 2 saturated heterocycles. The number of carbonyl (C=O) groups is 2. The van der Waals surface area contributed by atoms with Crippen molar-refractivity contribution in [2.75, 3.05) is 42.6 Å². The van der Waals surface area contributed by atoms with Crippen molar-refractivity contribution in [1.82, 2.24) is 4.90 Å². The molecule has 0 saturated carbocycles. The molecule has 32 heavy (non-hydrogen) atoms. The average molecular weight is 436 g/mol. The third-order valence-corrected chi connectivity index (χ3v) is 6.36. The Morgan fingerprint density at radius 3 is 2.25 bits per heavy atom. The number of amides is 2. The molecule has 2 aliphatic rings. The predicted molar refractivity (Wildman–Crippen MR) is 127 cm³/mol. The molecule has 0 bridgehead atoms. The minimum atomic E-state index is -0.366. The van der Waals surface area contributed by atoms with Gasteiger partial charge in [-0.15, -0.1) is 0 Å². The summed E-state index contributed by atoms with van der Waals surface area (Å²) in [5, 5.41) is 0. The van der Waals surface area contributed by atoms with Crippen molar-refractivity contribution in [3.05, 3.63) is 54.6 Å². The van der Waals surface area contributed by atoms with Gasteiger partial charge >= 0.3 is 0 Å². The Morgan fingerprint density at radius 2 is 1.56 bits per heavy atom. The lowest BCUT2D eigenvalue weighted by Crippen LogP contribution is -2.52. The van der Waals surface area contributed by atoms with Crippen LogP contribution in [0.25, 0.3) is 0 Å². The largest absolute Gasteiger partial charge is 0.494 e. The van der Waals surface area contributed by atoms with Gasteiger partial charge in [-0.3, -0.25) is 14.5 Å². The molecular weight excluding hydrogens is 402 g/mol. The van der Waals surface area contributed by atoms with E-state index in [9.17, 15) is 9.59 Å². The fourth-order valence-electron chi connectivity index (χ4n) is 4.51. The number of nitrogens with zero attached hydrogens (tertiary/aromatic N) is 3. The number of para-hydroxylation sites is 1. The van der Waals surface area contributed by atoms with E-state index in [-0.39, 0.29) is 24.3 Å². The smallest absolute Gasteiger partial charge is 0.251 e. The number of piperazine rings is 1. The molecular formula is C26H33N3O3. The Balaban J connectivity index is 1.32. The summed E-state index contributed by atoms with van der Waals surface area (Å²) in [7, 11) is 0. The zero-order chi connectivity index (χ0) is 22.3. The van der Waals surface area contributed by atoms with Gasteiger partial charge in [-0.1, -0.05) is 44.4 Å². The normalized spacial score (nSPS) is 19.6. The molecule has 1 atom stereocenters. The Morgan fingerprint density at radius 1 is 0.844 bits per heavy atom. The third kappa shape index (κ3) is 5.13. The van der Waals surface area contributed by atoms with Gasteiger partial charge in [0.1, 0.15) is 5.75 Å². The standard InChI is InChI=1S/C26H33N3O3/c1-2-3-4-8-19-32-23-13-11-22(12-14-23)29-25(30)20-24(26(29)31)28-17-15-27(16-18-28)21-9-6-5-7-10-21/h5-7,9-14,24H,2-4,8,15-20H2,1H3/t24-/m1/s1. The van der Waals surface area contributed by atoms with E-state index in [1.165, 1.54) is 29.8 Å². The molecule has 2 heterocycles. The van der Waals surface area contributed by atoms with Crippen molar-refractivity contribution in [1.29, 1.82) is 0 Å². The van der Waals surface area contributed by atoms with Crippen molar-refractivity contribution in [2.24, 2.45) is 0 Å². The molecule has 0 spiro atoms. The zero-order valence-corrected chi connectivity index (χ0v) is 18.9. The van der Waals surface area contributed by atoms with Gasteiger partial charge < -0.3 is 9.64 Å². The van der Waals surface area contributed by atoms with E-state index in [1.807, 2.05) is 42.5 Å². The second-order valence-corrected chi connectivity index (χ2v) is 8.55. The molecule has 6 heteroatoms. The molecule has 0 N–H and O–H groups in total. The first-order valence-corrected chi connectivity index (χ1v) is 11.8. The number of imide groups is 1. The van der Waals surface area contributed by atoms with Crippen LogP contribution < -0.4 is 14.5 Å². The van der Waals surface area contributed by atoms with Crippen LogP contribution in [0, 0.1) is 0 Å². The van der Waals surface area contributed by atoms with E-state index < -0.39 is 0 Å². The van der Waals surface area contributed by atoms with Gasteiger partial charge in [0.2, 0.25) is 5.91 Å². The molecule has 0 aliphatic carbocycles. The molecule has 2 amide bonds. The highest BCUT2D eigenvalue weighted by Gasteiger charge is 2.43. The molecule has 0 aromatic heterocycles. The van der Waals surface area contributed by atoms with Gasteiger partial charge in [-0.2, -0.15) is 0 Å². The van der Waals surface area contributed by atoms with Crippen LogP contribution in [0.1, 0.15) is 39.0 Å². The number of rotatable bonds is 9. The van der Waals surface area contributed by atoms with Gasteiger partial charge in [0, 0.05) is 31.9 Å². The summed E-state index contributed by atoms with van der Waals surface area (Å²) < 4.78 is 5.79. The van der Waals surface area contributed by atoms with E-state index >= 15 is 0 Å². The molecule has 6 nitrogen and oxygen atoms in total. The minimum Gasteiger partial charge on any atom is -0.494 e. The fraction of sp³-hybridized carbons (Fsp3) is 0.462. The van der Waals surface area contributed by atoms with Crippen molar-refractivity contribution < 1.29 is 14.3 Å². The summed E-state index contributed by atoms with van der Waals surface area (Å²) in [4.78, 5) is 31.7. The summed E-state index contributed by atoms with van der Waals surface area (Å²) >= 11 is 0. The molecule has 170 valence electrons. The van der Waals surface area contributed by atoms with Crippen molar-refractivity contribution in [3.8, 4) is 5.75 Å². The van der Waals surface area contributed by atoms with Crippen LogP contribution in [0.3, 0.4) is 0 Å². The van der Waals surface area contributed by atoms with Crippen LogP contribution >= 0.6 is 0 Å². The number of unbranched alkanes of at least 4 members (excludes halogenated alkanes) is 3. The SMILES string of the molecule is CCCCCCOc1ccc(N2C(=O)C[C@@H](N3CCN(c4ccccc4)CC3)C2=O)cc1. The minimum absolute atomic E-state index is 0.114. The van der Waals surface area contributed by atoms with Crippen molar-refractivity contribution in [2.45, 2.75) is 45.1 Å². The van der Waals surface area contributed by atoms with E-state index in [4.69, 9.17) is 4.74 Å². The lowest BCUT2D eigenvalue weighted by atomic mass is 10.1. The van der Waals surface area contributed by atoms with Crippen LogP contribution in [0.15, 0.2) is 54.6 Å². The highest BCUT2D eigenvalue weighted by Crippen LogP contribution is 2.28. The highest BCUT2D eigenvalue weighted by atomic mass is 16.5. The predicted octanol–water partition coefficient (Wildman–Crippen LogP) is 4.10. The molecule has 0 unspecified atom stereocenters. The third-order valence-electron chi connectivity index (χ3n) is 6.36. The van der Waals surface area contributed by atoms with Gasteiger partial charge in [0.25, 0.3) is 5.91 Å². The van der Waals surface area contributed by atoms with E-state index in [0.717, 1.165) is 38.3 Å². The summed E-state index contributed by atoms with van der Waals surface area (Å²) in [5.41, 5.74) is 1.83. The number of benzene rings is 2. The van der Waals surface area contributed by atoms with Crippen LogP contribution in [0.5, 0.6) is 5.75 Å². The highest BCUT2D eigenvalue weighted by molar-refractivity contribution is 6.22. The van der Waals surface area contributed by atoms with E-state index in [2.05, 4.69) is 28.9 Å². The van der Waals surface area contributed by atoms with Gasteiger partial charge in [-0.05, 0) is 42.8 Å². The van der Waals surface area contributed by atoms with Crippen LogP contribution in [-0.2, 0) is 9.59 Å². The maximum absolute atomic E-state index is 13.1. The summed E-state index contributed by atoms with van der Waals surface area (Å²) in [6.07, 6.45) is 4.89. The van der Waals surface area contributed by atoms with Crippen LogP contribution in [-0.4, -0.2) is 55.5 Å². The zero-order valence-electron chi connectivity index (χ0n) is 18.9. The first-order chi connectivity index (χ1) is 15.7. The quantitative estimate of drug-likeness (QED) is 0.438. The second kappa shape index (κ2) is 10.6. The first kappa shape index (κ1) is 22.3. The number of hydrogen-bond acceptors (Lipinski definition) is 5. The summed E-state index contributed by atoms with van der Waals surface area (Å²) in [6, 6.07) is 17.3. The maximum atomic E-state index is 13.1. The number of hydrogen-bond donors (Lipinski definition) is 0. The van der Waals surface area contributed by atoms with Crippen LogP contribution in [0.2, 0.25) is 0 Å². The van der Waals surface area contributed by atoms with Gasteiger partial charge in [0.05, 0.1) is 24.8 Å². The lowest BCUT2D eigenvalue weighted by Gasteiger charge is -2.38. The number of carbonyl (C=O) groups excluding carboxylic acids is 2. The molecule has 2 fully saturated rings.